The zero-order valence-electron chi connectivity index (χ0n) is 11.8. The van der Waals surface area contributed by atoms with E-state index in [2.05, 4.69) is 24.8 Å². The van der Waals surface area contributed by atoms with Crippen LogP contribution in [0.5, 0.6) is 0 Å². The normalized spacial score (nSPS) is 23.9. The van der Waals surface area contributed by atoms with E-state index in [0.717, 1.165) is 31.6 Å². The van der Waals surface area contributed by atoms with Crippen LogP contribution >= 0.6 is 0 Å². The van der Waals surface area contributed by atoms with Crippen LogP contribution in [-0.4, -0.2) is 30.6 Å². The summed E-state index contributed by atoms with van der Waals surface area (Å²) in [7, 11) is 0. The van der Waals surface area contributed by atoms with Crippen molar-refractivity contribution in [1.82, 2.24) is 4.90 Å². The summed E-state index contributed by atoms with van der Waals surface area (Å²) in [6, 6.07) is 6.86. The molecular weight excluding hydrogens is 239 g/mol. The van der Waals surface area contributed by atoms with Crippen molar-refractivity contribution in [3.8, 4) is 0 Å². The summed E-state index contributed by atoms with van der Waals surface area (Å²) in [6.45, 7) is 7.47. The van der Waals surface area contributed by atoms with Gasteiger partial charge in [0.2, 0.25) is 0 Å². The predicted molar refractivity (Wildman–Crippen MR) is 78.2 cm³/mol. The molecule has 1 aromatic rings. The molecule has 0 saturated carbocycles. The molecule has 2 N–H and O–H groups in total. The standard InChI is InChI=1S/C16H23FN2/c1-16(2)12-19(11-9-15(16)18)10-3-4-13-5-7-14(17)8-6-13/h3-8,15H,9-12,18H2,1-2H3/b4-3+. The molecule has 3 heteroatoms. The van der Waals surface area contributed by atoms with Crippen LogP contribution in [0.3, 0.4) is 0 Å². The number of hydrogen-bond acceptors (Lipinski definition) is 2. The average molecular weight is 262 g/mol. The summed E-state index contributed by atoms with van der Waals surface area (Å²) < 4.78 is 12.8. The second kappa shape index (κ2) is 5.85. The molecule has 104 valence electrons. The van der Waals surface area contributed by atoms with E-state index in [4.69, 9.17) is 5.73 Å². The van der Waals surface area contributed by atoms with Crippen molar-refractivity contribution in [3.63, 3.8) is 0 Å². The van der Waals surface area contributed by atoms with E-state index < -0.39 is 0 Å². The van der Waals surface area contributed by atoms with E-state index in [-0.39, 0.29) is 11.2 Å². The predicted octanol–water partition coefficient (Wildman–Crippen LogP) is 2.90. The quantitative estimate of drug-likeness (QED) is 0.907. The Labute approximate surface area is 115 Å². The van der Waals surface area contributed by atoms with E-state index in [1.54, 1.807) is 12.1 Å². The highest BCUT2D eigenvalue weighted by Crippen LogP contribution is 2.27. The number of benzene rings is 1. The lowest BCUT2D eigenvalue weighted by molar-refractivity contribution is 0.105. The van der Waals surface area contributed by atoms with Crippen molar-refractivity contribution >= 4 is 6.08 Å². The largest absolute Gasteiger partial charge is 0.327 e. The average Bonchev–Trinajstić information content (AvgIpc) is 2.36. The number of hydrogen-bond donors (Lipinski definition) is 1. The first-order valence-electron chi connectivity index (χ1n) is 6.87. The van der Waals surface area contributed by atoms with Crippen LogP contribution in [0.1, 0.15) is 25.8 Å². The van der Waals surface area contributed by atoms with Gasteiger partial charge < -0.3 is 5.73 Å². The highest BCUT2D eigenvalue weighted by Gasteiger charge is 2.32. The van der Waals surface area contributed by atoms with E-state index in [1.807, 2.05) is 6.08 Å². The zero-order valence-corrected chi connectivity index (χ0v) is 11.8. The lowest BCUT2D eigenvalue weighted by Crippen LogP contribution is -2.52. The molecule has 0 spiro atoms. The molecule has 0 bridgehead atoms. The Kier molecular flexibility index (Phi) is 4.38. The molecule has 1 aliphatic heterocycles. The van der Waals surface area contributed by atoms with E-state index in [0.29, 0.717) is 6.04 Å². The van der Waals surface area contributed by atoms with Gasteiger partial charge in [-0.2, -0.15) is 0 Å². The van der Waals surface area contributed by atoms with Gasteiger partial charge in [-0.05, 0) is 36.1 Å². The molecular formula is C16H23FN2. The summed E-state index contributed by atoms with van der Waals surface area (Å²) in [4.78, 5) is 2.42. The van der Waals surface area contributed by atoms with Crippen molar-refractivity contribution in [2.24, 2.45) is 11.1 Å². The van der Waals surface area contributed by atoms with Crippen LogP contribution in [-0.2, 0) is 0 Å². The van der Waals surface area contributed by atoms with Crippen LogP contribution in [0.15, 0.2) is 30.3 Å². The van der Waals surface area contributed by atoms with Crippen LogP contribution < -0.4 is 5.73 Å². The Morgan fingerprint density at radius 1 is 1.37 bits per heavy atom. The Morgan fingerprint density at radius 2 is 2.05 bits per heavy atom. The van der Waals surface area contributed by atoms with Gasteiger partial charge in [-0.1, -0.05) is 38.1 Å². The Morgan fingerprint density at radius 3 is 2.68 bits per heavy atom. The van der Waals surface area contributed by atoms with Gasteiger partial charge in [0.15, 0.2) is 0 Å². The van der Waals surface area contributed by atoms with Gasteiger partial charge >= 0.3 is 0 Å². The van der Waals surface area contributed by atoms with Crippen molar-refractivity contribution in [2.45, 2.75) is 26.3 Å². The summed E-state index contributed by atoms with van der Waals surface area (Å²) in [5, 5.41) is 0. The smallest absolute Gasteiger partial charge is 0.123 e. The highest BCUT2D eigenvalue weighted by molar-refractivity contribution is 5.48. The SMILES string of the molecule is CC1(C)CN(C/C=C/c2ccc(F)cc2)CCC1N. The zero-order chi connectivity index (χ0) is 13.9. The monoisotopic (exact) mass is 262 g/mol. The van der Waals surface area contributed by atoms with Gasteiger partial charge in [0, 0.05) is 19.1 Å². The van der Waals surface area contributed by atoms with Crippen LogP contribution in [0.4, 0.5) is 4.39 Å². The minimum absolute atomic E-state index is 0.183. The number of rotatable bonds is 3. The maximum absolute atomic E-state index is 12.8. The number of piperidine rings is 1. The molecule has 0 radical (unpaired) electrons. The fourth-order valence-electron chi connectivity index (χ4n) is 2.55. The number of nitrogens with two attached hydrogens (primary N) is 1. The fourth-order valence-corrected chi connectivity index (χ4v) is 2.55. The third-order valence-corrected chi connectivity index (χ3v) is 3.94. The van der Waals surface area contributed by atoms with Crippen LogP contribution in [0.25, 0.3) is 6.08 Å². The van der Waals surface area contributed by atoms with E-state index in [1.165, 1.54) is 12.1 Å². The molecule has 1 heterocycles. The summed E-state index contributed by atoms with van der Waals surface area (Å²) in [5.74, 6) is -0.191. The first-order valence-corrected chi connectivity index (χ1v) is 6.87. The number of halogens is 1. The molecule has 1 fully saturated rings. The molecule has 1 aliphatic rings. The molecule has 0 amide bonds. The lowest BCUT2D eigenvalue weighted by Gasteiger charge is -2.42. The van der Waals surface area contributed by atoms with Gasteiger partial charge in [0.1, 0.15) is 5.82 Å². The Balaban J connectivity index is 1.87. The summed E-state index contributed by atoms with van der Waals surface area (Å²) in [6.07, 6.45) is 5.23. The van der Waals surface area contributed by atoms with Gasteiger partial charge in [-0.3, -0.25) is 4.90 Å². The number of likely N-dealkylation sites (tertiary alicyclic amines) is 1. The minimum atomic E-state index is -0.191. The molecule has 1 atom stereocenters. The maximum Gasteiger partial charge on any atom is 0.123 e. The van der Waals surface area contributed by atoms with Crippen molar-refractivity contribution in [3.05, 3.63) is 41.7 Å². The lowest BCUT2D eigenvalue weighted by atomic mass is 9.80. The fraction of sp³-hybridized carbons (Fsp3) is 0.500. The minimum Gasteiger partial charge on any atom is -0.327 e. The van der Waals surface area contributed by atoms with Crippen molar-refractivity contribution in [2.75, 3.05) is 19.6 Å². The van der Waals surface area contributed by atoms with Gasteiger partial charge in [-0.15, -0.1) is 0 Å². The second-order valence-electron chi connectivity index (χ2n) is 6.07. The molecule has 0 aromatic heterocycles. The van der Waals surface area contributed by atoms with Crippen molar-refractivity contribution < 1.29 is 4.39 Å². The third-order valence-electron chi connectivity index (χ3n) is 3.94. The Bertz CT molecular complexity index is 437. The van der Waals surface area contributed by atoms with E-state index in [9.17, 15) is 4.39 Å². The molecule has 1 unspecified atom stereocenters. The topological polar surface area (TPSA) is 29.3 Å². The van der Waals surface area contributed by atoms with Gasteiger partial charge in [0.25, 0.3) is 0 Å². The second-order valence-corrected chi connectivity index (χ2v) is 6.07. The molecule has 2 rings (SSSR count). The molecule has 2 nitrogen and oxygen atoms in total. The summed E-state index contributed by atoms with van der Waals surface area (Å²) in [5.41, 5.74) is 7.35. The maximum atomic E-state index is 12.8. The number of nitrogens with zero attached hydrogens (tertiary/aromatic N) is 1. The van der Waals surface area contributed by atoms with Crippen LogP contribution in [0.2, 0.25) is 0 Å². The first-order chi connectivity index (χ1) is 8.97. The van der Waals surface area contributed by atoms with Gasteiger partial charge in [0.05, 0.1) is 0 Å². The van der Waals surface area contributed by atoms with Crippen molar-refractivity contribution in [1.29, 1.82) is 0 Å². The molecule has 19 heavy (non-hydrogen) atoms. The Hall–Kier alpha value is -1.19. The first kappa shape index (κ1) is 14.2. The molecule has 1 aromatic carbocycles. The molecule has 0 aliphatic carbocycles. The third kappa shape index (κ3) is 3.88. The van der Waals surface area contributed by atoms with Crippen LogP contribution in [0, 0.1) is 11.2 Å². The highest BCUT2D eigenvalue weighted by atomic mass is 19.1. The summed E-state index contributed by atoms with van der Waals surface area (Å²) >= 11 is 0. The van der Waals surface area contributed by atoms with Gasteiger partial charge in [-0.25, -0.2) is 4.39 Å². The molecule has 1 saturated heterocycles. The van der Waals surface area contributed by atoms with E-state index >= 15 is 0 Å².